The third-order valence-electron chi connectivity index (χ3n) is 3.06. The van der Waals surface area contributed by atoms with Gasteiger partial charge in [-0.15, -0.1) is 0 Å². The summed E-state index contributed by atoms with van der Waals surface area (Å²) >= 11 is 11.8. The fourth-order valence-electron chi connectivity index (χ4n) is 1.93. The molecule has 1 aromatic heterocycles. The number of carbonyl (C=O) groups excluding carboxylic acids is 1. The molecule has 0 saturated heterocycles. The van der Waals surface area contributed by atoms with Crippen LogP contribution in [0.1, 0.15) is 21.7 Å². The number of carbonyl (C=O) groups is 1. The number of halogens is 2. The topological polar surface area (TPSA) is 33.5 Å². The van der Waals surface area contributed by atoms with Gasteiger partial charge in [0, 0.05) is 17.7 Å². The van der Waals surface area contributed by atoms with Crippen LogP contribution in [0, 0.1) is 6.92 Å². The minimum Gasteiger partial charge on any atom is -0.469 e. The zero-order valence-corrected chi connectivity index (χ0v) is 12.8. The Morgan fingerprint density at radius 2 is 2.00 bits per heavy atom. The number of Topliss-reactive ketones (excluding diaryl/α,β-unsaturated/α-hetero) is 1. The first-order valence-corrected chi connectivity index (χ1v) is 6.92. The van der Waals surface area contributed by atoms with E-state index < -0.39 is 0 Å². The van der Waals surface area contributed by atoms with Crippen molar-refractivity contribution in [2.75, 3.05) is 13.6 Å². The number of hydrogen-bond donors (Lipinski definition) is 0. The molecule has 0 unspecified atom stereocenters. The van der Waals surface area contributed by atoms with Crippen LogP contribution in [0.15, 0.2) is 34.9 Å². The molecule has 0 radical (unpaired) electrons. The number of ketones is 1. The Morgan fingerprint density at radius 3 is 2.60 bits per heavy atom. The molecule has 0 aliphatic rings. The van der Waals surface area contributed by atoms with Crippen molar-refractivity contribution in [3.8, 4) is 0 Å². The van der Waals surface area contributed by atoms with E-state index in [0.717, 1.165) is 11.3 Å². The van der Waals surface area contributed by atoms with Crippen LogP contribution in [0.25, 0.3) is 0 Å². The Kier molecular flexibility index (Phi) is 4.86. The van der Waals surface area contributed by atoms with E-state index in [2.05, 4.69) is 0 Å². The molecule has 5 heteroatoms. The Hall–Kier alpha value is -1.29. The van der Waals surface area contributed by atoms with Gasteiger partial charge in [0.1, 0.15) is 5.76 Å². The van der Waals surface area contributed by atoms with Gasteiger partial charge in [-0.1, -0.05) is 23.2 Å². The summed E-state index contributed by atoms with van der Waals surface area (Å²) in [6, 6.07) is 6.84. The Bertz CT molecular complexity index is 622. The average molecular weight is 312 g/mol. The molecule has 20 heavy (non-hydrogen) atoms. The normalized spacial score (nSPS) is 11.1. The number of nitrogens with zero attached hydrogens (tertiary/aromatic N) is 1. The molecule has 2 aromatic rings. The van der Waals surface area contributed by atoms with E-state index in [-0.39, 0.29) is 5.78 Å². The highest BCUT2D eigenvalue weighted by Crippen LogP contribution is 2.23. The summed E-state index contributed by atoms with van der Waals surface area (Å²) in [4.78, 5) is 14.1. The highest BCUT2D eigenvalue weighted by atomic mass is 35.5. The Morgan fingerprint density at radius 1 is 1.25 bits per heavy atom. The van der Waals surface area contributed by atoms with E-state index in [1.165, 1.54) is 0 Å². The predicted octanol–water partition coefficient (Wildman–Crippen LogP) is 4.21. The predicted molar refractivity (Wildman–Crippen MR) is 80.6 cm³/mol. The van der Waals surface area contributed by atoms with Crippen LogP contribution in [0.3, 0.4) is 0 Å². The van der Waals surface area contributed by atoms with Crippen molar-refractivity contribution in [3.63, 3.8) is 0 Å². The number of hydrogen-bond acceptors (Lipinski definition) is 3. The molecular formula is C15H15Cl2NO2. The molecule has 106 valence electrons. The van der Waals surface area contributed by atoms with Crippen molar-refractivity contribution in [2.45, 2.75) is 13.5 Å². The molecule has 0 atom stereocenters. The second kappa shape index (κ2) is 6.44. The molecule has 0 aliphatic heterocycles. The number of benzene rings is 1. The molecule has 0 saturated carbocycles. The number of aryl methyl sites for hydroxylation is 1. The van der Waals surface area contributed by atoms with E-state index in [4.69, 9.17) is 27.6 Å². The average Bonchev–Trinajstić information content (AvgIpc) is 2.78. The van der Waals surface area contributed by atoms with Crippen molar-refractivity contribution in [1.29, 1.82) is 0 Å². The van der Waals surface area contributed by atoms with Crippen LogP contribution >= 0.6 is 23.2 Å². The van der Waals surface area contributed by atoms with E-state index in [9.17, 15) is 4.79 Å². The van der Waals surface area contributed by atoms with Crippen LogP contribution in [-0.4, -0.2) is 24.3 Å². The second-order valence-corrected chi connectivity index (χ2v) is 5.54. The molecule has 0 bridgehead atoms. The fraction of sp³-hybridized carbons (Fsp3) is 0.267. The molecule has 0 spiro atoms. The van der Waals surface area contributed by atoms with Crippen LogP contribution in [0.5, 0.6) is 0 Å². The summed E-state index contributed by atoms with van der Waals surface area (Å²) in [5, 5.41) is 0.844. The summed E-state index contributed by atoms with van der Waals surface area (Å²) in [5.74, 6) is 0.881. The van der Waals surface area contributed by atoms with Crippen molar-refractivity contribution >= 4 is 29.0 Å². The molecule has 2 rings (SSSR count). The number of likely N-dealkylation sites (N-methyl/N-ethyl adjacent to an activating group) is 1. The monoisotopic (exact) mass is 311 g/mol. The smallest absolute Gasteiger partial charge is 0.176 e. The first-order valence-electron chi connectivity index (χ1n) is 6.17. The molecule has 0 amide bonds. The van der Waals surface area contributed by atoms with Crippen LogP contribution < -0.4 is 0 Å². The lowest BCUT2D eigenvalue weighted by molar-refractivity contribution is 0.0942. The number of rotatable bonds is 5. The minimum atomic E-state index is 0.00668. The molecular weight excluding hydrogens is 297 g/mol. The lowest BCUT2D eigenvalue weighted by atomic mass is 10.1. The van der Waals surface area contributed by atoms with E-state index >= 15 is 0 Å². The Balaban J connectivity index is 2.00. The molecule has 3 nitrogen and oxygen atoms in total. The lowest BCUT2D eigenvalue weighted by Crippen LogP contribution is -2.25. The maximum absolute atomic E-state index is 12.2. The summed E-state index contributed by atoms with van der Waals surface area (Å²) in [7, 11) is 1.89. The minimum absolute atomic E-state index is 0.00668. The van der Waals surface area contributed by atoms with Gasteiger partial charge in [0.05, 0.1) is 22.9 Å². The summed E-state index contributed by atoms with van der Waals surface area (Å²) in [6.07, 6.45) is 1.65. The first-order chi connectivity index (χ1) is 9.47. The molecule has 1 aromatic carbocycles. The third kappa shape index (κ3) is 3.63. The van der Waals surface area contributed by atoms with Crippen LogP contribution in [0.2, 0.25) is 10.0 Å². The van der Waals surface area contributed by atoms with Crippen LogP contribution in [0.4, 0.5) is 0 Å². The summed E-state index contributed by atoms with van der Waals surface area (Å²) < 4.78 is 5.24. The zero-order chi connectivity index (χ0) is 14.7. The highest BCUT2D eigenvalue weighted by Gasteiger charge is 2.12. The quantitative estimate of drug-likeness (QED) is 0.776. The van der Waals surface area contributed by atoms with Crippen molar-refractivity contribution < 1.29 is 9.21 Å². The molecule has 1 heterocycles. The lowest BCUT2D eigenvalue weighted by Gasteiger charge is -2.15. The van der Waals surface area contributed by atoms with Gasteiger partial charge in [-0.05, 0) is 38.2 Å². The largest absolute Gasteiger partial charge is 0.469 e. The summed E-state index contributed by atoms with van der Waals surface area (Å²) in [6.45, 7) is 2.88. The maximum atomic E-state index is 12.2. The maximum Gasteiger partial charge on any atom is 0.176 e. The van der Waals surface area contributed by atoms with Gasteiger partial charge in [-0.25, -0.2) is 0 Å². The molecule has 0 fully saturated rings. The van der Waals surface area contributed by atoms with Gasteiger partial charge in [-0.2, -0.15) is 0 Å². The third-order valence-corrected chi connectivity index (χ3v) is 3.80. The molecule has 0 N–H and O–H groups in total. The van der Waals surface area contributed by atoms with Gasteiger partial charge in [0.2, 0.25) is 0 Å². The van der Waals surface area contributed by atoms with Gasteiger partial charge in [-0.3, -0.25) is 9.69 Å². The zero-order valence-electron chi connectivity index (χ0n) is 11.3. The van der Waals surface area contributed by atoms with E-state index in [1.807, 2.05) is 24.9 Å². The first kappa shape index (κ1) is 15.1. The standard InChI is InChI=1S/C15H15Cl2NO2/c1-10-12(5-6-20-10)8-18(2)9-15(19)11-3-4-13(16)14(17)7-11/h3-7H,8-9H2,1-2H3. The second-order valence-electron chi connectivity index (χ2n) is 4.73. The van der Waals surface area contributed by atoms with Gasteiger partial charge < -0.3 is 4.42 Å². The van der Waals surface area contributed by atoms with Gasteiger partial charge in [0.15, 0.2) is 5.78 Å². The SMILES string of the molecule is Cc1occc1CN(C)CC(=O)c1ccc(Cl)c(Cl)c1. The van der Waals surface area contributed by atoms with E-state index in [0.29, 0.717) is 28.7 Å². The fourth-order valence-corrected chi connectivity index (χ4v) is 2.23. The van der Waals surface area contributed by atoms with Crippen molar-refractivity contribution in [1.82, 2.24) is 4.90 Å². The van der Waals surface area contributed by atoms with Crippen molar-refractivity contribution in [3.05, 3.63) is 57.5 Å². The van der Waals surface area contributed by atoms with Crippen molar-refractivity contribution in [2.24, 2.45) is 0 Å². The van der Waals surface area contributed by atoms with Gasteiger partial charge >= 0.3 is 0 Å². The van der Waals surface area contributed by atoms with E-state index in [1.54, 1.807) is 24.5 Å². The summed E-state index contributed by atoms with van der Waals surface area (Å²) in [5.41, 5.74) is 1.64. The highest BCUT2D eigenvalue weighted by molar-refractivity contribution is 6.42. The number of furan rings is 1. The van der Waals surface area contributed by atoms with Gasteiger partial charge in [0.25, 0.3) is 0 Å². The Labute approximate surface area is 128 Å². The molecule has 0 aliphatic carbocycles. The van der Waals surface area contributed by atoms with Crippen LogP contribution in [-0.2, 0) is 6.54 Å².